The first-order chi connectivity index (χ1) is 12.7. The fraction of sp³-hybridized carbons (Fsp3) is 0.529. The Labute approximate surface area is 159 Å². The first kappa shape index (κ1) is 19.7. The number of likely N-dealkylation sites (N-methyl/N-ethyl adjacent to an activating group) is 1. The summed E-state index contributed by atoms with van der Waals surface area (Å²) in [6.07, 6.45) is -8.14. The zero-order valence-electron chi connectivity index (χ0n) is 14.5. The van der Waals surface area contributed by atoms with Gasteiger partial charge in [-0.25, -0.2) is 0 Å². The highest BCUT2D eigenvalue weighted by atomic mass is 35.5. The number of ether oxygens (including phenoxy) is 1. The summed E-state index contributed by atoms with van der Waals surface area (Å²) in [5.41, 5.74) is 0.309. The van der Waals surface area contributed by atoms with Crippen molar-refractivity contribution in [2.75, 3.05) is 44.7 Å². The maximum absolute atomic E-state index is 13.5. The lowest BCUT2D eigenvalue weighted by Gasteiger charge is -2.33. The molecule has 0 aromatic heterocycles. The van der Waals surface area contributed by atoms with Gasteiger partial charge in [0, 0.05) is 31.9 Å². The molecule has 1 amide bonds. The van der Waals surface area contributed by atoms with Crippen molar-refractivity contribution in [2.24, 2.45) is 0 Å². The lowest BCUT2D eigenvalue weighted by molar-refractivity contribution is -0.215. The van der Waals surface area contributed by atoms with Crippen molar-refractivity contribution in [1.82, 2.24) is 9.80 Å². The van der Waals surface area contributed by atoms with E-state index in [0.717, 1.165) is 4.90 Å². The molecular formula is C17H18ClF3N4O2. The van der Waals surface area contributed by atoms with Crippen LogP contribution in [0.2, 0.25) is 5.02 Å². The molecule has 1 aromatic carbocycles. The summed E-state index contributed by atoms with van der Waals surface area (Å²) in [6.45, 7) is 1.99. The summed E-state index contributed by atoms with van der Waals surface area (Å²) in [6, 6.07) is 5.86. The molecule has 6 nitrogen and oxygen atoms in total. The van der Waals surface area contributed by atoms with Crippen LogP contribution >= 0.6 is 11.6 Å². The fourth-order valence-electron chi connectivity index (χ4n) is 3.18. The first-order valence-corrected chi connectivity index (χ1v) is 8.74. The van der Waals surface area contributed by atoms with Crippen LogP contribution in [0.25, 0.3) is 0 Å². The molecule has 0 spiro atoms. The third kappa shape index (κ3) is 4.13. The van der Waals surface area contributed by atoms with Gasteiger partial charge in [-0.1, -0.05) is 11.6 Å². The van der Waals surface area contributed by atoms with Gasteiger partial charge < -0.3 is 19.4 Å². The molecular weight excluding hydrogens is 385 g/mol. The topological polar surface area (TPSA) is 59.8 Å². The van der Waals surface area contributed by atoms with E-state index in [-0.39, 0.29) is 22.8 Å². The van der Waals surface area contributed by atoms with Crippen molar-refractivity contribution in [3.63, 3.8) is 0 Å². The van der Waals surface area contributed by atoms with Crippen LogP contribution in [0.1, 0.15) is 5.56 Å². The lowest BCUT2D eigenvalue weighted by atomic mass is 10.2. The van der Waals surface area contributed by atoms with E-state index in [1.807, 2.05) is 18.0 Å². The van der Waals surface area contributed by atoms with E-state index in [4.69, 9.17) is 21.6 Å². The summed E-state index contributed by atoms with van der Waals surface area (Å²) in [4.78, 5) is 17.2. The SMILES string of the molecule is CN1CCN(C(=O)C2CN(c3ccc(C#N)c(Cl)c3)C(C(F)(F)F)O2)CC1. The van der Waals surface area contributed by atoms with Gasteiger partial charge in [0.05, 0.1) is 17.1 Å². The standard InChI is InChI=1S/C17H18ClF3N4O2/c1-23-4-6-24(7-5-23)15(26)14-10-25(16(27-14)17(19,20)21)12-3-2-11(9-22)13(18)8-12/h2-3,8,14,16H,4-7,10H2,1H3. The van der Waals surface area contributed by atoms with E-state index in [0.29, 0.717) is 26.2 Å². The highest BCUT2D eigenvalue weighted by Gasteiger charge is 2.53. The van der Waals surface area contributed by atoms with Gasteiger partial charge in [0.25, 0.3) is 5.91 Å². The Morgan fingerprint density at radius 2 is 1.96 bits per heavy atom. The summed E-state index contributed by atoms with van der Waals surface area (Å²) in [5, 5.41) is 8.97. The number of nitriles is 1. The molecule has 0 N–H and O–H groups in total. The van der Waals surface area contributed by atoms with E-state index in [1.165, 1.54) is 23.1 Å². The van der Waals surface area contributed by atoms with E-state index in [2.05, 4.69) is 0 Å². The Kier molecular flexibility index (Phi) is 5.51. The van der Waals surface area contributed by atoms with E-state index in [9.17, 15) is 18.0 Å². The van der Waals surface area contributed by atoms with Crippen LogP contribution in [-0.4, -0.2) is 74.0 Å². The maximum Gasteiger partial charge on any atom is 0.433 e. The molecule has 2 atom stereocenters. The van der Waals surface area contributed by atoms with E-state index < -0.39 is 24.4 Å². The van der Waals surface area contributed by atoms with Gasteiger partial charge in [0.2, 0.25) is 6.23 Å². The van der Waals surface area contributed by atoms with Gasteiger partial charge >= 0.3 is 6.18 Å². The highest BCUT2D eigenvalue weighted by molar-refractivity contribution is 6.32. The Balaban J connectivity index is 1.82. The molecule has 27 heavy (non-hydrogen) atoms. The molecule has 0 bridgehead atoms. The predicted octanol–water partition coefficient (Wildman–Crippen LogP) is 2.08. The highest BCUT2D eigenvalue weighted by Crippen LogP contribution is 2.36. The molecule has 146 valence electrons. The second-order valence-electron chi connectivity index (χ2n) is 6.58. The van der Waals surface area contributed by atoms with Crippen molar-refractivity contribution in [3.8, 4) is 6.07 Å². The Hall–Kier alpha value is -2.02. The second-order valence-corrected chi connectivity index (χ2v) is 6.98. The molecule has 1 aromatic rings. The molecule has 2 unspecified atom stereocenters. The number of hydrogen-bond donors (Lipinski definition) is 0. The van der Waals surface area contributed by atoms with E-state index >= 15 is 0 Å². The smallest absolute Gasteiger partial charge is 0.338 e. The van der Waals surface area contributed by atoms with Crippen LogP contribution in [0.15, 0.2) is 18.2 Å². The molecule has 2 aliphatic heterocycles. The monoisotopic (exact) mass is 402 g/mol. The molecule has 0 aliphatic carbocycles. The normalized spacial score (nSPS) is 24.1. The molecule has 2 aliphatic rings. The van der Waals surface area contributed by atoms with Crippen LogP contribution in [0.3, 0.4) is 0 Å². The molecule has 0 radical (unpaired) electrons. The third-order valence-electron chi connectivity index (χ3n) is 4.71. The number of alkyl halides is 3. The van der Waals surface area contributed by atoms with Gasteiger partial charge in [0.1, 0.15) is 6.07 Å². The largest absolute Gasteiger partial charge is 0.433 e. The zero-order chi connectivity index (χ0) is 19.8. The Morgan fingerprint density at radius 1 is 1.30 bits per heavy atom. The Bertz CT molecular complexity index is 760. The summed E-state index contributed by atoms with van der Waals surface area (Å²) in [5.74, 6) is -0.445. The third-order valence-corrected chi connectivity index (χ3v) is 5.03. The second kappa shape index (κ2) is 7.54. The minimum Gasteiger partial charge on any atom is -0.338 e. The van der Waals surface area contributed by atoms with Crippen LogP contribution < -0.4 is 4.90 Å². The number of amides is 1. The number of nitrogens with zero attached hydrogens (tertiary/aromatic N) is 4. The first-order valence-electron chi connectivity index (χ1n) is 8.36. The number of hydrogen-bond acceptors (Lipinski definition) is 5. The van der Waals surface area contributed by atoms with Gasteiger partial charge in [0.15, 0.2) is 6.10 Å². The summed E-state index contributed by atoms with van der Waals surface area (Å²) in [7, 11) is 1.92. The average Bonchev–Trinajstić information content (AvgIpc) is 3.07. The van der Waals surface area contributed by atoms with Crippen LogP contribution in [0.5, 0.6) is 0 Å². The number of benzene rings is 1. The number of halogens is 4. The fourth-order valence-corrected chi connectivity index (χ4v) is 3.40. The molecule has 2 saturated heterocycles. The minimum absolute atomic E-state index is 0.0461. The minimum atomic E-state index is -4.68. The van der Waals surface area contributed by atoms with Crippen LogP contribution in [-0.2, 0) is 9.53 Å². The van der Waals surface area contributed by atoms with Crippen molar-refractivity contribution < 1.29 is 22.7 Å². The van der Waals surface area contributed by atoms with Crippen molar-refractivity contribution >= 4 is 23.2 Å². The quantitative estimate of drug-likeness (QED) is 0.758. The Morgan fingerprint density at radius 3 is 2.52 bits per heavy atom. The predicted molar refractivity (Wildman–Crippen MR) is 92.3 cm³/mol. The number of carbonyl (C=O) groups is 1. The van der Waals surface area contributed by atoms with Gasteiger partial charge in [-0.2, -0.15) is 18.4 Å². The molecule has 2 heterocycles. The van der Waals surface area contributed by atoms with E-state index in [1.54, 1.807) is 0 Å². The number of carbonyl (C=O) groups excluding carboxylic acids is 1. The average molecular weight is 403 g/mol. The van der Waals surface area contributed by atoms with Gasteiger partial charge in [-0.05, 0) is 25.2 Å². The van der Waals surface area contributed by atoms with Gasteiger partial charge in [-0.15, -0.1) is 0 Å². The van der Waals surface area contributed by atoms with Gasteiger partial charge in [-0.3, -0.25) is 4.79 Å². The number of rotatable bonds is 2. The maximum atomic E-state index is 13.5. The lowest BCUT2D eigenvalue weighted by Crippen LogP contribution is -2.51. The number of anilines is 1. The molecule has 2 fully saturated rings. The van der Waals surface area contributed by atoms with Crippen LogP contribution in [0, 0.1) is 11.3 Å². The van der Waals surface area contributed by atoms with Crippen molar-refractivity contribution in [1.29, 1.82) is 5.26 Å². The summed E-state index contributed by atoms with van der Waals surface area (Å²) < 4.78 is 45.6. The number of piperazine rings is 1. The molecule has 3 rings (SSSR count). The zero-order valence-corrected chi connectivity index (χ0v) is 15.3. The van der Waals surface area contributed by atoms with Crippen LogP contribution in [0.4, 0.5) is 18.9 Å². The molecule has 0 saturated carbocycles. The molecule has 10 heteroatoms. The van der Waals surface area contributed by atoms with Crippen molar-refractivity contribution in [2.45, 2.75) is 18.5 Å². The summed E-state index contributed by atoms with van der Waals surface area (Å²) >= 11 is 5.95. The van der Waals surface area contributed by atoms with Crippen molar-refractivity contribution in [3.05, 3.63) is 28.8 Å².